The molecule has 0 saturated heterocycles. The topological polar surface area (TPSA) is 71.0 Å². The normalized spacial score (nSPS) is 20.3. The Morgan fingerprint density at radius 2 is 2.05 bits per heavy atom. The monoisotopic (exact) mass is 287 g/mol. The molecule has 0 aliphatic carbocycles. The summed E-state index contributed by atoms with van der Waals surface area (Å²) in [5.74, 6) is 0.461. The third kappa shape index (κ3) is 2.16. The zero-order valence-electron chi connectivity index (χ0n) is 12.3. The predicted octanol–water partition coefficient (Wildman–Crippen LogP) is 1.43. The molecule has 3 rings (SSSR count). The van der Waals surface area contributed by atoms with Gasteiger partial charge in [0.15, 0.2) is 11.4 Å². The first-order chi connectivity index (χ1) is 9.90. The van der Waals surface area contributed by atoms with Crippen LogP contribution in [0.2, 0.25) is 0 Å². The van der Waals surface area contributed by atoms with E-state index in [-0.39, 0.29) is 11.8 Å². The van der Waals surface area contributed by atoms with Crippen molar-refractivity contribution < 1.29 is 14.3 Å². The molecule has 0 spiro atoms. The van der Waals surface area contributed by atoms with E-state index in [1.54, 1.807) is 25.8 Å². The number of carbonyl (C=O) groups is 2. The number of carbonyl (C=O) groups excluding carboxylic acids is 2. The van der Waals surface area contributed by atoms with E-state index in [4.69, 9.17) is 4.74 Å². The Balaban J connectivity index is 2.10. The molecular formula is C15H17N3O3. The van der Waals surface area contributed by atoms with Crippen molar-refractivity contribution in [3.63, 3.8) is 0 Å². The Kier molecular flexibility index (Phi) is 2.97. The molecule has 2 aliphatic heterocycles. The van der Waals surface area contributed by atoms with Gasteiger partial charge < -0.3 is 9.64 Å². The van der Waals surface area contributed by atoms with Crippen LogP contribution in [0.5, 0.6) is 5.75 Å². The minimum Gasteiger partial charge on any atom is -0.475 e. The van der Waals surface area contributed by atoms with E-state index in [2.05, 4.69) is 10.5 Å². The average molecular weight is 287 g/mol. The second-order valence-electron chi connectivity index (χ2n) is 5.72. The molecule has 0 radical (unpaired) electrons. The largest absolute Gasteiger partial charge is 0.475 e. The van der Waals surface area contributed by atoms with Crippen LogP contribution in [0.15, 0.2) is 23.3 Å². The highest BCUT2D eigenvalue weighted by Crippen LogP contribution is 2.40. The maximum absolute atomic E-state index is 12.3. The molecule has 0 unspecified atom stereocenters. The van der Waals surface area contributed by atoms with Crippen molar-refractivity contribution in [3.05, 3.63) is 23.8 Å². The lowest BCUT2D eigenvalue weighted by Gasteiger charge is -2.38. The third-order valence-corrected chi connectivity index (χ3v) is 3.75. The Morgan fingerprint density at radius 1 is 1.29 bits per heavy atom. The fraction of sp³-hybridized carbons (Fsp3) is 0.400. The summed E-state index contributed by atoms with van der Waals surface area (Å²) in [4.78, 5) is 25.1. The number of nitrogens with zero attached hydrogens (tertiary/aromatic N) is 2. The van der Waals surface area contributed by atoms with E-state index in [1.165, 1.54) is 0 Å². The molecule has 0 saturated carbocycles. The van der Waals surface area contributed by atoms with Crippen LogP contribution in [0.4, 0.5) is 5.69 Å². The second-order valence-corrected chi connectivity index (χ2v) is 5.72. The molecule has 6 heteroatoms. The van der Waals surface area contributed by atoms with Crippen molar-refractivity contribution in [2.45, 2.75) is 32.3 Å². The second kappa shape index (κ2) is 4.58. The Labute approximate surface area is 122 Å². The highest BCUT2D eigenvalue weighted by molar-refractivity contribution is 6.10. The van der Waals surface area contributed by atoms with Crippen LogP contribution in [-0.2, 0) is 9.59 Å². The van der Waals surface area contributed by atoms with E-state index in [0.29, 0.717) is 18.6 Å². The van der Waals surface area contributed by atoms with Gasteiger partial charge in [0.05, 0.1) is 11.4 Å². The predicted molar refractivity (Wildman–Crippen MR) is 78.5 cm³/mol. The van der Waals surface area contributed by atoms with E-state index in [9.17, 15) is 9.59 Å². The molecule has 0 atom stereocenters. The summed E-state index contributed by atoms with van der Waals surface area (Å²) in [5, 5.41) is 4.11. The van der Waals surface area contributed by atoms with Gasteiger partial charge in [-0.25, -0.2) is 5.43 Å². The fourth-order valence-corrected chi connectivity index (χ4v) is 2.60. The molecule has 2 aliphatic rings. The smallest absolute Gasteiger partial charge is 0.270 e. The summed E-state index contributed by atoms with van der Waals surface area (Å²) in [7, 11) is 1.74. The number of nitrogens with one attached hydrogen (secondary N) is 1. The number of hydrazone groups is 1. The number of anilines is 1. The van der Waals surface area contributed by atoms with Gasteiger partial charge in [-0.2, -0.15) is 5.10 Å². The molecule has 2 heterocycles. The van der Waals surface area contributed by atoms with Crippen LogP contribution >= 0.6 is 0 Å². The zero-order chi connectivity index (χ0) is 15.2. The summed E-state index contributed by atoms with van der Waals surface area (Å²) in [6.45, 7) is 3.49. The van der Waals surface area contributed by atoms with Crippen molar-refractivity contribution in [1.29, 1.82) is 0 Å². The molecule has 110 valence electrons. The van der Waals surface area contributed by atoms with Gasteiger partial charge >= 0.3 is 0 Å². The van der Waals surface area contributed by atoms with Gasteiger partial charge in [0, 0.05) is 25.5 Å². The Morgan fingerprint density at radius 3 is 2.71 bits per heavy atom. The molecule has 2 amide bonds. The molecule has 0 fully saturated rings. The van der Waals surface area contributed by atoms with Crippen LogP contribution < -0.4 is 15.1 Å². The van der Waals surface area contributed by atoms with Gasteiger partial charge in [0.1, 0.15) is 0 Å². The Hall–Kier alpha value is -2.37. The molecule has 1 aromatic carbocycles. The summed E-state index contributed by atoms with van der Waals surface area (Å²) < 4.78 is 5.93. The highest BCUT2D eigenvalue weighted by Gasteiger charge is 2.40. The van der Waals surface area contributed by atoms with Crippen LogP contribution in [0, 0.1) is 0 Å². The Bertz CT molecular complexity index is 664. The van der Waals surface area contributed by atoms with E-state index in [0.717, 1.165) is 17.0 Å². The molecule has 6 nitrogen and oxygen atoms in total. The van der Waals surface area contributed by atoms with E-state index < -0.39 is 5.60 Å². The molecule has 1 N–H and O–H groups in total. The van der Waals surface area contributed by atoms with Crippen molar-refractivity contribution in [2.75, 3.05) is 11.9 Å². The number of rotatable bonds is 1. The summed E-state index contributed by atoms with van der Waals surface area (Å²) in [6, 6.07) is 5.60. The standard InChI is InChI=1S/C15H17N3O3/c1-15(2)14(20)18(3)11-6-4-5-9(13(11)21-15)10-7-8-12(19)17-16-10/h4-6H,7-8H2,1-3H3,(H,17,19). The first-order valence-electron chi connectivity index (χ1n) is 6.86. The molecule has 0 bridgehead atoms. The number of benzene rings is 1. The number of likely N-dealkylation sites (N-methyl/N-ethyl adjacent to an activating group) is 1. The molecular weight excluding hydrogens is 270 g/mol. The van der Waals surface area contributed by atoms with Gasteiger partial charge in [0.25, 0.3) is 5.91 Å². The number of hydrogen-bond donors (Lipinski definition) is 1. The SMILES string of the molecule is CN1C(=O)C(C)(C)Oc2c(C3=NNC(=O)CC3)cccc21. The maximum Gasteiger partial charge on any atom is 0.270 e. The lowest BCUT2D eigenvalue weighted by Crippen LogP contribution is -2.51. The van der Waals surface area contributed by atoms with Crippen LogP contribution in [0.3, 0.4) is 0 Å². The van der Waals surface area contributed by atoms with E-state index in [1.807, 2.05) is 18.2 Å². The number of para-hydroxylation sites is 1. The zero-order valence-corrected chi connectivity index (χ0v) is 12.3. The molecule has 1 aromatic rings. The molecule has 0 aromatic heterocycles. The molecule has 21 heavy (non-hydrogen) atoms. The van der Waals surface area contributed by atoms with Gasteiger partial charge in [-0.3, -0.25) is 9.59 Å². The van der Waals surface area contributed by atoms with Crippen molar-refractivity contribution >= 4 is 23.2 Å². The van der Waals surface area contributed by atoms with Crippen LogP contribution in [-0.4, -0.2) is 30.2 Å². The first-order valence-corrected chi connectivity index (χ1v) is 6.86. The summed E-state index contributed by atoms with van der Waals surface area (Å²) >= 11 is 0. The van der Waals surface area contributed by atoms with Gasteiger partial charge in [-0.15, -0.1) is 0 Å². The maximum atomic E-state index is 12.3. The number of ether oxygens (including phenoxy) is 1. The first kappa shape index (κ1) is 13.6. The van der Waals surface area contributed by atoms with E-state index >= 15 is 0 Å². The van der Waals surface area contributed by atoms with Crippen molar-refractivity contribution in [3.8, 4) is 5.75 Å². The lowest BCUT2D eigenvalue weighted by atomic mass is 9.98. The minimum atomic E-state index is -0.920. The third-order valence-electron chi connectivity index (χ3n) is 3.75. The van der Waals surface area contributed by atoms with Crippen LogP contribution in [0.1, 0.15) is 32.3 Å². The van der Waals surface area contributed by atoms with Crippen molar-refractivity contribution in [2.24, 2.45) is 5.10 Å². The minimum absolute atomic E-state index is 0.0860. The van der Waals surface area contributed by atoms with Gasteiger partial charge in [-0.1, -0.05) is 6.07 Å². The number of fused-ring (bicyclic) bond motifs is 1. The summed E-state index contributed by atoms with van der Waals surface area (Å²) in [5.41, 5.74) is 3.88. The van der Waals surface area contributed by atoms with Crippen LogP contribution in [0.25, 0.3) is 0 Å². The quantitative estimate of drug-likeness (QED) is 0.849. The van der Waals surface area contributed by atoms with Gasteiger partial charge in [0.2, 0.25) is 5.91 Å². The number of hydrogen-bond acceptors (Lipinski definition) is 4. The highest BCUT2D eigenvalue weighted by atomic mass is 16.5. The van der Waals surface area contributed by atoms with Crippen molar-refractivity contribution in [1.82, 2.24) is 5.43 Å². The number of amides is 2. The fourth-order valence-electron chi connectivity index (χ4n) is 2.60. The summed E-state index contributed by atoms with van der Waals surface area (Å²) in [6.07, 6.45) is 0.963. The van der Waals surface area contributed by atoms with Gasteiger partial charge in [-0.05, 0) is 26.0 Å². The lowest BCUT2D eigenvalue weighted by molar-refractivity contribution is -0.132. The average Bonchev–Trinajstić information content (AvgIpc) is 2.45.